The molecule has 0 radical (unpaired) electrons. The minimum atomic E-state index is -0.961. The molecule has 8 heteroatoms. The Labute approximate surface area is 158 Å². The van der Waals surface area contributed by atoms with Gasteiger partial charge in [-0.1, -0.05) is 23.7 Å². The minimum absolute atomic E-state index is 0.0258. The van der Waals surface area contributed by atoms with E-state index < -0.39 is 17.7 Å². The quantitative estimate of drug-likeness (QED) is 0.389. The van der Waals surface area contributed by atoms with Gasteiger partial charge in [0, 0.05) is 15.1 Å². The van der Waals surface area contributed by atoms with Crippen LogP contribution in [-0.4, -0.2) is 23.1 Å². The predicted molar refractivity (Wildman–Crippen MR) is 101 cm³/mol. The van der Waals surface area contributed by atoms with Gasteiger partial charge in [-0.25, -0.2) is 5.43 Å². The van der Waals surface area contributed by atoms with E-state index in [1.165, 1.54) is 31.3 Å². The van der Waals surface area contributed by atoms with Gasteiger partial charge in [0.15, 0.2) is 0 Å². The summed E-state index contributed by atoms with van der Waals surface area (Å²) in [5.41, 5.74) is 3.18. The third kappa shape index (κ3) is 5.30. The van der Waals surface area contributed by atoms with Gasteiger partial charge in [0.1, 0.15) is 11.7 Å². The summed E-state index contributed by atoms with van der Waals surface area (Å²) in [6, 6.07) is 11.5. The molecule has 3 N–H and O–H groups in total. The van der Waals surface area contributed by atoms with Crippen molar-refractivity contribution in [1.29, 1.82) is 0 Å². The Balaban J connectivity index is 1.95. The van der Waals surface area contributed by atoms with Crippen LogP contribution >= 0.6 is 27.5 Å². The zero-order valence-electron chi connectivity index (χ0n) is 13.2. The predicted octanol–water partition coefficient (Wildman–Crippen LogP) is 3.53. The van der Waals surface area contributed by atoms with Crippen LogP contribution in [-0.2, 0) is 9.59 Å². The standard InChI is InChI=1S/C17H15BrClN3O3/c1-10(16(24)21-14-5-3-2-4-13(14)18)17(25)22-20-9-11-8-12(19)6-7-15(11)23/h2-10,23H,1H3,(H,21,24)(H,22,25). The highest BCUT2D eigenvalue weighted by Gasteiger charge is 2.21. The molecular formula is C17H15BrClN3O3. The Bertz CT molecular complexity index is 827. The highest BCUT2D eigenvalue weighted by atomic mass is 79.9. The van der Waals surface area contributed by atoms with Crippen molar-refractivity contribution >= 4 is 51.2 Å². The van der Waals surface area contributed by atoms with Gasteiger partial charge in [-0.3, -0.25) is 9.59 Å². The molecule has 0 saturated carbocycles. The molecule has 2 aromatic rings. The molecule has 2 rings (SSSR count). The summed E-state index contributed by atoms with van der Waals surface area (Å²) in [7, 11) is 0. The molecule has 2 amide bonds. The van der Waals surface area contributed by atoms with Crippen LogP contribution in [0.25, 0.3) is 0 Å². The molecule has 1 atom stereocenters. The monoisotopic (exact) mass is 423 g/mol. The van der Waals surface area contributed by atoms with Crippen molar-refractivity contribution in [3.05, 3.63) is 57.5 Å². The minimum Gasteiger partial charge on any atom is -0.507 e. The maximum atomic E-state index is 12.1. The Morgan fingerprint density at radius 2 is 1.96 bits per heavy atom. The second-order valence-corrected chi connectivity index (χ2v) is 6.42. The maximum absolute atomic E-state index is 12.1. The van der Waals surface area contributed by atoms with E-state index in [0.29, 0.717) is 20.7 Å². The number of hydrogen-bond acceptors (Lipinski definition) is 4. The molecule has 130 valence electrons. The lowest BCUT2D eigenvalue weighted by Gasteiger charge is -2.11. The molecule has 25 heavy (non-hydrogen) atoms. The van der Waals surface area contributed by atoms with Crippen LogP contribution in [0.2, 0.25) is 5.02 Å². The topological polar surface area (TPSA) is 90.8 Å². The number of anilines is 1. The van der Waals surface area contributed by atoms with Crippen LogP contribution in [0.1, 0.15) is 12.5 Å². The molecule has 0 bridgehead atoms. The first-order chi connectivity index (χ1) is 11.9. The lowest BCUT2D eigenvalue weighted by Crippen LogP contribution is -2.34. The zero-order valence-corrected chi connectivity index (χ0v) is 15.5. The van der Waals surface area contributed by atoms with E-state index in [1.54, 1.807) is 18.2 Å². The fourth-order valence-electron chi connectivity index (χ4n) is 1.81. The van der Waals surface area contributed by atoms with Crippen molar-refractivity contribution in [2.75, 3.05) is 5.32 Å². The van der Waals surface area contributed by atoms with Gasteiger partial charge >= 0.3 is 0 Å². The fraction of sp³-hybridized carbons (Fsp3) is 0.118. The largest absolute Gasteiger partial charge is 0.507 e. The average molecular weight is 425 g/mol. The summed E-state index contributed by atoms with van der Waals surface area (Å²) < 4.78 is 0.713. The number of carbonyl (C=O) groups excluding carboxylic acids is 2. The lowest BCUT2D eigenvalue weighted by atomic mass is 10.1. The smallest absolute Gasteiger partial charge is 0.252 e. The molecule has 0 heterocycles. The van der Waals surface area contributed by atoms with Gasteiger partial charge in [-0.15, -0.1) is 0 Å². The number of phenols is 1. The Kier molecular flexibility index (Phi) is 6.55. The summed E-state index contributed by atoms with van der Waals surface area (Å²) >= 11 is 9.14. The first-order valence-electron chi connectivity index (χ1n) is 7.25. The third-order valence-electron chi connectivity index (χ3n) is 3.29. The van der Waals surface area contributed by atoms with Crippen molar-refractivity contribution in [1.82, 2.24) is 5.43 Å². The first kappa shape index (κ1) is 19.0. The number of nitrogens with zero attached hydrogens (tertiary/aromatic N) is 1. The summed E-state index contributed by atoms with van der Waals surface area (Å²) in [5, 5.41) is 16.5. The van der Waals surface area contributed by atoms with Gasteiger partial charge in [-0.2, -0.15) is 5.10 Å². The van der Waals surface area contributed by atoms with Gasteiger partial charge in [-0.05, 0) is 53.2 Å². The molecule has 6 nitrogen and oxygen atoms in total. The molecule has 0 aliphatic rings. The van der Waals surface area contributed by atoms with Crippen LogP contribution in [0.3, 0.4) is 0 Å². The molecule has 2 aromatic carbocycles. The number of benzene rings is 2. The Morgan fingerprint density at radius 1 is 1.24 bits per heavy atom. The van der Waals surface area contributed by atoms with E-state index in [9.17, 15) is 14.7 Å². The van der Waals surface area contributed by atoms with Gasteiger partial charge in [0.05, 0.1) is 11.9 Å². The zero-order chi connectivity index (χ0) is 18.4. The van der Waals surface area contributed by atoms with Crippen molar-refractivity contribution in [2.45, 2.75) is 6.92 Å². The number of halogens is 2. The van der Waals surface area contributed by atoms with E-state index in [1.807, 2.05) is 6.07 Å². The van der Waals surface area contributed by atoms with Crippen molar-refractivity contribution in [2.24, 2.45) is 11.0 Å². The molecule has 0 saturated heterocycles. The number of hydrogen-bond donors (Lipinski definition) is 3. The van der Waals surface area contributed by atoms with Gasteiger partial charge in [0.25, 0.3) is 5.91 Å². The van der Waals surface area contributed by atoms with E-state index >= 15 is 0 Å². The summed E-state index contributed by atoms with van der Waals surface area (Å²) in [6.45, 7) is 1.47. The third-order valence-corrected chi connectivity index (χ3v) is 4.21. The number of hydrazone groups is 1. The fourth-order valence-corrected chi connectivity index (χ4v) is 2.38. The number of aromatic hydroxyl groups is 1. The van der Waals surface area contributed by atoms with Crippen molar-refractivity contribution in [3.8, 4) is 5.75 Å². The molecular weight excluding hydrogens is 410 g/mol. The molecule has 0 fully saturated rings. The number of rotatable bonds is 5. The Hall–Kier alpha value is -2.38. The summed E-state index contributed by atoms with van der Waals surface area (Å²) in [4.78, 5) is 24.2. The first-order valence-corrected chi connectivity index (χ1v) is 8.42. The molecule has 0 aliphatic heterocycles. The molecule has 0 spiro atoms. The summed E-state index contributed by atoms with van der Waals surface area (Å²) in [6.07, 6.45) is 1.25. The van der Waals surface area contributed by atoms with Gasteiger partial charge in [0.2, 0.25) is 5.91 Å². The Morgan fingerprint density at radius 3 is 2.68 bits per heavy atom. The highest BCUT2D eigenvalue weighted by Crippen LogP contribution is 2.22. The number of para-hydroxylation sites is 1. The van der Waals surface area contributed by atoms with Gasteiger partial charge < -0.3 is 10.4 Å². The SMILES string of the molecule is CC(C(=O)NN=Cc1cc(Cl)ccc1O)C(=O)Nc1ccccc1Br. The highest BCUT2D eigenvalue weighted by molar-refractivity contribution is 9.10. The number of phenolic OH excluding ortho intramolecular Hbond substituents is 1. The second-order valence-electron chi connectivity index (χ2n) is 5.13. The number of carbonyl (C=O) groups is 2. The molecule has 1 unspecified atom stereocenters. The second kappa shape index (κ2) is 8.64. The van der Waals surface area contributed by atoms with E-state index in [4.69, 9.17) is 11.6 Å². The van der Waals surface area contributed by atoms with Crippen LogP contribution in [0.4, 0.5) is 5.69 Å². The van der Waals surface area contributed by atoms with Crippen LogP contribution in [0.15, 0.2) is 52.0 Å². The molecule has 0 aromatic heterocycles. The molecule has 0 aliphatic carbocycles. The van der Waals surface area contributed by atoms with Crippen molar-refractivity contribution in [3.63, 3.8) is 0 Å². The summed E-state index contributed by atoms with van der Waals surface area (Å²) in [5.74, 6) is -2.04. The van der Waals surface area contributed by atoms with Crippen LogP contribution < -0.4 is 10.7 Å². The maximum Gasteiger partial charge on any atom is 0.252 e. The van der Waals surface area contributed by atoms with E-state index in [0.717, 1.165) is 0 Å². The number of nitrogens with one attached hydrogen (secondary N) is 2. The van der Waals surface area contributed by atoms with E-state index in [2.05, 4.69) is 31.8 Å². The van der Waals surface area contributed by atoms with Crippen LogP contribution in [0.5, 0.6) is 5.75 Å². The van der Waals surface area contributed by atoms with Crippen molar-refractivity contribution < 1.29 is 14.7 Å². The lowest BCUT2D eigenvalue weighted by molar-refractivity contribution is -0.131. The number of amides is 2. The van der Waals surface area contributed by atoms with Crippen LogP contribution in [0, 0.1) is 5.92 Å². The van der Waals surface area contributed by atoms with E-state index in [-0.39, 0.29) is 5.75 Å². The average Bonchev–Trinajstić information content (AvgIpc) is 2.59. The normalized spacial score (nSPS) is 12.0.